The van der Waals surface area contributed by atoms with Crippen LogP contribution in [-0.2, 0) is 6.42 Å². The monoisotopic (exact) mass is 371 g/mol. The second-order valence-electron chi connectivity index (χ2n) is 7.11. The van der Waals surface area contributed by atoms with Gasteiger partial charge in [0.2, 0.25) is 11.8 Å². The van der Waals surface area contributed by atoms with Crippen LogP contribution in [0.1, 0.15) is 25.7 Å². The zero-order chi connectivity index (χ0) is 18.8. The quantitative estimate of drug-likeness (QED) is 0.839. The third kappa shape index (κ3) is 3.75. The summed E-state index contributed by atoms with van der Waals surface area (Å²) in [5.74, 6) is 2.16. The lowest BCUT2D eigenvalue weighted by atomic mass is 9.84. The van der Waals surface area contributed by atoms with Gasteiger partial charge >= 0.3 is 6.03 Å². The van der Waals surface area contributed by atoms with E-state index in [4.69, 9.17) is 9.15 Å². The van der Waals surface area contributed by atoms with Gasteiger partial charge in [-0.3, -0.25) is 0 Å². The van der Waals surface area contributed by atoms with Crippen molar-refractivity contribution in [2.24, 2.45) is 5.92 Å². The molecule has 1 atom stereocenters. The number of nitrogens with zero attached hydrogens (tertiary/aromatic N) is 3. The van der Waals surface area contributed by atoms with Crippen LogP contribution < -0.4 is 15.4 Å². The number of benzene rings is 1. The number of hydrogen-bond acceptors (Lipinski definition) is 6. The molecule has 1 aromatic carbocycles. The van der Waals surface area contributed by atoms with Crippen molar-refractivity contribution < 1.29 is 13.9 Å². The number of aryl methyl sites for hydroxylation is 1. The molecule has 27 heavy (non-hydrogen) atoms. The number of hydrogen-bond donors (Lipinski definition) is 2. The maximum atomic E-state index is 12.6. The number of methoxy groups -OCH3 is 1. The van der Waals surface area contributed by atoms with Crippen LogP contribution in [0.5, 0.6) is 5.75 Å². The van der Waals surface area contributed by atoms with Crippen molar-refractivity contribution in [3.63, 3.8) is 0 Å². The second-order valence-corrected chi connectivity index (χ2v) is 7.11. The van der Waals surface area contributed by atoms with Gasteiger partial charge in [0.25, 0.3) is 0 Å². The molecule has 3 aliphatic rings. The molecule has 1 aromatic heterocycles. The van der Waals surface area contributed by atoms with Crippen LogP contribution in [0.2, 0.25) is 0 Å². The highest BCUT2D eigenvalue weighted by atomic mass is 16.5. The molecule has 8 nitrogen and oxygen atoms in total. The number of carbonyl (C=O) groups excluding carboxylic acids is 1. The van der Waals surface area contributed by atoms with Crippen LogP contribution in [-0.4, -0.2) is 53.9 Å². The first-order valence-electron chi connectivity index (χ1n) is 9.47. The first kappa shape index (κ1) is 17.8. The third-order valence-electron chi connectivity index (χ3n) is 5.44. The molecule has 5 rings (SSSR count). The van der Waals surface area contributed by atoms with E-state index in [0.717, 1.165) is 38.0 Å². The predicted molar refractivity (Wildman–Crippen MR) is 101 cm³/mol. The SMILES string of the molecule is CCc1nnc(-c2ccc(OC)c(NC(=O)NC3CN4CCC3CC4)c2)o1. The molecular formula is C19H25N5O3. The molecule has 3 aliphatic heterocycles. The smallest absolute Gasteiger partial charge is 0.319 e. The Kier molecular flexibility index (Phi) is 4.98. The van der Waals surface area contributed by atoms with E-state index >= 15 is 0 Å². The number of amides is 2. The summed E-state index contributed by atoms with van der Waals surface area (Å²) in [7, 11) is 1.58. The molecule has 3 saturated heterocycles. The maximum absolute atomic E-state index is 12.6. The van der Waals surface area contributed by atoms with E-state index in [-0.39, 0.29) is 12.1 Å². The Morgan fingerprint density at radius 2 is 2.15 bits per heavy atom. The van der Waals surface area contributed by atoms with Gasteiger partial charge in [0.1, 0.15) is 5.75 Å². The van der Waals surface area contributed by atoms with Crippen molar-refractivity contribution in [2.45, 2.75) is 32.2 Å². The van der Waals surface area contributed by atoms with Crippen LogP contribution in [0.25, 0.3) is 11.5 Å². The fourth-order valence-corrected chi connectivity index (χ4v) is 3.91. The summed E-state index contributed by atoms with van der Waals surface area (Å²) in [4.78, 5) is 15.0. The van der Waals surface area contributed by atoms with Gasteiger partial charge in [-0.2, -0.15) is 0 Å². The van der Waals surface area contributed by atoms with Crippen molar-refractivity contribution in [3.05, 3.63) is 24.1 Å². The Labute approximate surface area is 158 Å². The van der Waals surface area contributed by atoms with Crippen LogP contribution in [0.3, 0.4) is 0 Å². The van der Waals surface area contributed by atoms with E-state index in [1.165, 1.54) is 0 Å². The highest BCUT2D eigenvalue weighted by Gasteiger charge is 2.34. The molecule has 1 unspecified atom stereocenters. The number of carbonyl (C=O) groups is 1. The number of ether oxygens (including phenoxy) is 1. The normalized spacial score (nSPS) is 23.9. The minimum atomic E-state index is -0.219. The minimum absolute atomic E-state index is 0.199. The molecule has 2 aromatic rings. The van der Waals surface area contributed by atoms with E-state index in [1.54, 1.807) is 19.2 Å². The number of aromatic nitrogens is 2. The number of nitrogens with one attached hydrogen (secondary N) is 2. The maximum Gasteiger partial charge on any atom is 0.319 e. The average molecular weight is 371 g/mol. The van der Waals surface area contributed by atoms with Gasteiger partial charge in [-0.25, -0.2) is 4.79 Å². The molecule has 4 heterocycles. The van der Waals surface area contributed by atoms with Crippen molar-refractivity contribution in [1.29, 1.82) is 0 Å². The molecule has 144 valence electrons. The van der Waals surface area contributed by atoms with E-state index in [2.05, 4.69) is 25.7 Å². The first-order valence-corrected chi connectivity index (χ1v) is 9.47. The standard InChI is InChI=1S/C19H25N5O3/c1-3-17-22-23-18(27-17)13-4-5-16(26-2)14(10-13)20-19(25)21-15-11-24-8-6-12(15)7-9-24/h4-5,10,12,15H,3,6-9,11H2,1-2H3,(H2,20,21,25). The van der Waals surface area contributed by atoms with Crippen LogP contribution >= 0.6 is 0 Å². The Balaban J connectivity index is 1.48. The van der Waals surface area contributed by atoms with Gasteiger partial charge in [0.15, 0.2) is 0 Å². The highest BCUT2D eigenvalue weighted by molar-refractivity contribution is 5.92. The summed E-state index contributed by atoms with van der Waals surface area (Å²) in [5, 5.41) is 14.1. The highest BCUT2D eigenvalue weighted by Crippen LogP contribution is 2.31. The summed E-state index contributed by atoms with van der Waals surface area (Å²) in [6.45, 7) is 5.17. The molecular weight excluding hydrogens is 346 g/mol. The van der Waals surface area contributed by atoms with Crippen molar-refractivity contribution in [2.75, 3.05) is 32.1 Å². The summed E-state index contributed by atoms with van der Waals surface area (Å²) >= 11 is 0. The fraction of sp³-hybridized carbons (Fsp3) is 0.526. The molecule has 2 amide bonds. The Morgan fingerprint density at radius 1 is 1.33 bits per heavy atom. The molecule has 0 aliphatic carbocycles. The van der Waals surface area contributed by atoms with Gasteiger partial charge in [-0.05, 0) is 50.0 Å². The van der Waals surface area contributed by atoms with Gasteiger partial charge in [0.05, 0.1) is 12.8 Å². The zero-order valence-electron chi connectivity index (χ0n) is 15.7. The number of rotatable bonds is 5. The summed E-state index contributed by atoms with van der Waals surface area (Å²) in [5.41, 5.74) is 1.31. The predicted octanol–water partition coefficient (Wildman–Crippen LogP) is 2.52. The first-order chi connectivity index (χ1) is 13.2. The Bertz CT molecular complexity index is 813. The molecule has 0 saturated carbocycles. The summed E-state index contributed by atoms with van der Waals surface area (Å²) in [6, 6.07) is 5.40. The van der Waals surface area contributed by atoms with Crippen molar-refractivity contribution >= 4 is 11.7 Å². The Morgan fingerprint density at radius 3 is 2.78 bits per heavy atom. The molecule has 0 radical (unpaired) electrons. The van der Waals surface area contributed by atoms with E-state index in [0.29, 0.717) is 35.6 Å². The average Bonchev–Trinajstić information content (AvgIpc) is 3.18. The molecule has 2 bridgehead atoms. The molecule has 8 heteroatoms. The topological polar surface area (TPSA) is 92.5 Å². The zero-order valence-corrected chi connectivity index (χ0v) is 15.7. The fourth-order valence-electron chi connectivity index (χ4n) is 3.91. The van der Waals surface area contributed by atoms with Gasteiger partial charge in [0, 0.05) is 24.6 Å². The number of urea groups is 1. The number of anilines is 1. The van der Waals surface area contributed by atoms with Crippen LogP contribution in [0, 0.1) is 5.92 Å². The van der Waals surface area contributed by atoms with Gasteiger partial charge in [-0.1, -0.05) is 6.92 Å². The number of fused-ring (bicyclic) bond motifs is 3. The van der Waals surface area contributed by atoms with E-state index < -0.39 is 0 Å². The lowest BCUT2D eigenvalue weighted by Crippen LogP contribution is -2.57. The Hall–Kier alpha value is -2.61. The summed E-state index contributed by atoms with van der Waals surface area (Å²) < 4.78 is 11.0. The van der Waals surface area contributed by atoms with Gasteiger partial charge in [-0.15, -0.1) is 10.2 Å². The van der Waals surface area contributed by atoms with E-state index in [1.807, 2.05) is 13.0 Å². The minimum Gasteiger partial charge on any atom is -0.495 e. The lowest BCUT2D eigenvalue weighted by molar-refractivity contribution is 0.0776. The van der Waals surface area contributed by atoms with Crippen molar-refractivity contribution in [3.8, 4) is 17.2 Å². The largest absolute Gasteiger partial charge is 0.495 e. The third-order valence-corrected chi connectivity index (χ3v) is 5.44. The van der Waals surface area contributed by atoms with Crippen LogP contribution in [0.15, 0.2) is 22.6 Å². The number of piperidine rings is 3. The van der Waals surface area contributed by atoms with Gasteiger partial charge < -0.3 is 24.7 Å². The van der Waals surface area contributed by atoms with Crippen LogP contribution in [0.4, 0.5) is 10.5 Å². The lowest BCUT2D eigenvalue weighted by Gasteiger charge is -2.44. The molecule has 2 N–H and O–H groups in total. The van der Waals surface area contributed by atoms with E-state index in [9.17, 15) is 4.79 Å². The molecule has 3 fully saturated rings. The molecule has 0 spiro atoms. The summed E-state index contributed by atoms with van der Waals surface area (Å²) in [6.07, 6.45) is 2.98. The van der Waals surface area contributed by atoms with Crippen molar-refractivity contribution in [1.82, 2.24) is 20.4 Å². The second kappa shape index (κ2) is 7.56.